The van der Waals surface area contributed by atoms with Crippen LogP contribution in [0.5, 0.6) is 0 Å². The number of aryl methyl sites for hydroxylation is 1. The number of carbonyl (C=O) groups is 2. The molecule has 5 heteroatoms. The highest BCUT2D eigenvalue weighted by molar-refractivity contribution is 9.10. The maximum atomic E-state index is 13.2. The summed E-state index contributed by atoms with van der Waals surface area (Å²) < 4.78 is 0.935. The molecule has 1 atom stereocenters. The SMILES string of the molecule is O=C1N[C@@]2(CCCc3ccccc32)C(=O)N1Cc1cccc(Br)c1. The summed E-state index contributed by atoms with van der Waals surface area (Å²) in [5.74, 6) is -0.139. The molecule has 122 valence electrons. The Labute approximate surface area is 149 Å². The Morgan fingerprint density at radius 2 is 1.96 bits per heavy atom. The van der Waals surface area contributed by atoms with Crippen molar-refractivity contribution in [2.75, 3.05) is 0 Å². The monoisotopic (exact) mass is 384 g/mol. The van der Waals surface area contributed by atoms with Crippen LogP contribution in [-0.2, 0) is 23.3 Å². The van der Waals surface area contributed by atoms with E-state index in [1.807, 2.05) is 48.5 Å². The van der Waals surface area contributed by atoms with E-state index in [0.717, 1.165) is 34.0 Å². The van der Waals surface area contributed by atoms with Gasteiger partial charge >= 0.3 is 6.03 Å². The van der Waals surface area contributed by atoms with Crippen LogP contribution in [0.3, 0.4) is 0 Å². The summed E-state index contributed by atoms with van der Waals surface area (Å²) in [4.78, 5) is 27.1. The molecule has 0 saturated carbocycles. The highest BCUT2D eigenvalue weighted by Gasteiger charge is 2.53. The summed E-state index contributed by atoms with van der Waals surface area (Å²) in [6.07, 6.45) is 2.50. The Morgan fingerprint density at radius 1 is 1.12 bits per heavy atom. The number of urea groups is 1. The number of hydrogen-bond donors (Lipinski definition) is 1. The quantitative estimate of drug-likeness (QED) is 0.801. The molecule has 0 aromatic heterocycles. The van der Waals surface area contributed by atoms with E-state index < -0.39 is 5.54 Å². The fourth-order valence-corrected chi connectivity index (χ4v) is 4.22. The number of benzene rings is 2. The van der Waals surface area contributed by atoms with Gasteiger partial charge in [0.25, 0.3) is 5.91 Å². The van der Waals surface area contributed by atoms with Crippen molar-refractivity contribution in [3.05, 3.63) is 69.7 Å². The molecular formula is C19H17BrN2O2. The van der Waals surface area contributed by atoms with E-state index in [1.165, 1.54) is 4.90 Å². The molecular weight excluding hydrogens is 368 g/mol. The zero-order valence-corrected chi connectivity index (χ0v) is 14.7. The molecule has 0 radical (unpaired) electrons. The van der Waals surface area contributed by atoms with Crippen molar-refractivity contribution in [1.29, 1.82) is 0 Å². The molecule has 1 aliphatic heterocycles. The Hall–Kier alpha value is -2.14. The van der Waals surface area contributed by atoms with Gasteiger partial charge < -0.3 is 5.32 Å². The minimum atomic E-state index is -0.891. The smallest absolute Gasteiger partial charge is 0.319 e. The van der Waals surface area contributed by atoms with Crippen LogP contribution in [-0.4, -0.2) is 16.8 Å². The van der Waals surface area contributed by atoms with Gasteiger partial charge in [0, 0.05) is 4.47 Å². The molecule has 1 spiro atoms. The van der Waals surface area contributed by atoms with Crippen molar-refractivity contribution < 1.29 is 9.59 Å². The molecule has 1 fully saturated rings. The Morgan fingerprint density at radius 3 is 2.79 bits per heavy atom. The van der Waals surface area contributed by atoms with Crippen molar-refractivity contribution in [3.8, 4) is 0 Å². The number of nitrogens with zero attached hydrogens (tertiary/aromatic N) is 1. The summed E-state index contributed by atoms with van der Waals surface area (Å²) in [6.45, 7) is 0.286. The maximum Gasteiger partial charge on any atom is 0.325 e. The van der Waals surface area contributed by atoms with Crippen LogP contribution in [0, 0.1) is 0 Å². The Bertz CT molecular complexity index is 836. The zero-order chi connectivity index (χ0) is 16.7. The van der Waals surface area contributed by atoms with Gasteiger partial charge in [0.05, 0.1) is 6.54 Å². The molecule has 3 amide bonds. The van der Waals surface area contributed by atoms with Crippen LogP contribution in [0.1, 0.15) is 29.5 Å². The minimum Gasteiger partial charge on any atom is -0.319 e. The molecule has 2 aliphatic rings. The van der Waals surface area contributed by atoms with Gasteiger partial charge in [-0.1, -0.05) is 52.3 Å². The summed E-state index contributed by atoms with van der Waals surface area (Å²) in [5.41, 5.74) is 2.14. The summed E-state index contributed by atoms with van der Waals surface area (Å²) >= 11 is 3.43. The van der Waals surface area contributed by atoms with Gasteiger partial charge in [0.1, 0.15) is 5.54 Å². The molecule has 1 aliphatic carbocycles. The van der Waals surface area contributed by atoms with E-state index in [0.29, 0.717) is 6.42 Å². The molecule has 1 heterocycles. The van der Waals surface area contributed by atoms with Crippen LogP contribution in [0.25, 0.3) is 0 Å². The van der Waals surface area contributed by atoms with Gasteiger partial charge in [-0.25, -0.2) is 4.79 Å². The lowest BCUT2D eigenvalue weighted by Gasteiger charge is -2.33. The van der Waals surface area contributed by atoms with Gasteiger partial charge in [-0.15, -0.1) is 0 Å². The number of carbonyl (C=O) groups excluding carboxylic acids is 2. The first kappa shape index (κ1) is 15.4. The molecule has 4 rings (SSSR count). The zero-order valence-electron chi connectivity index (χ0n) is 13.1. The average Bonchev–Trinajstić information content (AvgIpc) is 2.80. The number of amides is 3. The van der Waals surface area contributed by atoms with Gasteiger partial charge in [0.2, 0.25) is 0 Å². The summed E-state index contributed by atoms with van der Waals surface area (Å²) in [5, 5.41) is 2.99. The maximum absolute atomic E-state index is 13.2. The third-order valence-electron chi connectivity index (χ3n) is 4.88. The predicted molar refractivity (Wildman–Crippen MR) is 94.3 cm³/mol. The van der Waals surface area contributed by atoms with Crippen molar-refractivity contribution in [3.63, 3.8) is 0 Å². The van der Waals surface area contributed by atoms with E-state index >= 15 is 0 Å². The number of hydrogen-bond acceptors (Lipinski definition) is 2. The van der Waals surface area contributed by atoms with Crippen molar-refractivity contribution in [2.24, 2.45) is 0 Å². The van der Waals surface area contributed by atoms with E-state index in [2.05, 4.69) is 21.2 Å². The second-order valence-corrected chi connectivity index (χ2v) is 7.28. The van der Waals surface area contributed by atoms with Gasteiger partial charge in [-0.05, 0) is 48.1 Å². The standard InChI is InChI=1S/C19H17BrN2O2/c20-15-8-3-5-13(11-15)12-22-17(23)19(21-18(22)24)10-4-7-14-6-1-2-9-16(14)19/h1-3,5-6,8-9,11H,4,7,10,12H2,(H,21,24)/t19-/m1/s1. The van der Waals surface area contributed by atoms with Crippen molar-refractivity contribution in [2.45, 2.75) is 31.3 Å². The van der Waals surface area contributed by atoms with Crippen LogP contribution < -0.4 is 5.32 Å². The molecule has 1 N–H and O–H groups in total. The predicted octanol–water partition coefficient (Wildman–Crippen LogP) is 3.73. The topological polar surface area (TPSA) is 49.4 Å². The summed E-state index contributed by atoms with van der Waals surface area (Å²) in [6, 6.07) is 15.3. The average molecular weight is 385 g/mol. The molecule has 1 saturated heterocycles. The van der Waals surface area contributed by atoms with E-state index in [1.54, 1.807) is 0 Å². The Kier molecular flexibility index (Phi) is 3.68. The fourth-order valence-electron chi connectivity index (χ4n) is 3.77. The lowest BCUT2D eigenvalue weighted by atomic mass is 9.76. The molecule has 0 unspecified atom stereocenters. The Balaban J connectivity index is 1.70. The number of imide groups is 1. The first-order valence-electron chi connectivity index (χ1n) is 8.07. The second-order valence-electron chi connectivity index (χ2n) is 6.37. The fraction of sp³-hybridized carbons (Fsp3) is 0.263. The lowest BCUT2D eigenvalue weighted by molar-refractivity contribution is -0.132. The molecule has 0 bridgehead atoms. The van der Waals surface area contributed by atoms with Crippen LogP contribution >= 0.6 is 15.9 Å². The molecule has 24 heavy (non-hydrogen) atoms. The number of nitrogens with one attached hydrogen (secondary N) is 1. The highest BCUT2D eigenvalue weighted by atomic mass is 79.9. The largest absolute Gasteiger partial charge is 0.325 e. The molecule has 4 nitrogen and oxygen atoms in total. The molecule has 2 aromatic rings. The van der Waals surface area contributed by atoms with Crippen LogP contribution in [0.4, 0.5) is 4.79 Å². The normalized spacial score (nSPS) is 22.6. The third kappa shape index (κ3) is 2.35. The molecule has 2 aromatic carbocycles. The minimum absolute atomic E-state index is 0.139. The number of halogens is 1. The van der Waals surface area contributed by atoms with Crippen LogP contribution in [0.2, 0.25) is 0 Å². The highest BCUT2D eigenvalue weighted by Crippen LogP contribution is 2.40. The van der Waals surface area contributed by atoms with Crippen molar-refractivity contribution >= 4 is 27.9 Å². The van der Waals surface area contributed by atoms with E-state index in [-0.39, 0.29) is 18.5 Å². The van der Waals surface area contributed by atoms with E-state index in [4.69, 9.17) is 0 Å². The summed E-state index contributed by atoms with van der Waals surface area (Å²) in [7, 11) is 0. The van der Waals surface area contributed by atoms with Crippen molar-refractivity contribution in [1.82, 2.24) is 10.2 Å². The van der Waals surface area contributed by atoms with Gasteiger partial charge in [-0.3, -0.25) is 9.69 Å². The van der Waals surface area contributed by atoms with Gasteiger partial charge in [0.15, 0.2) is 0 Å². The van der Waals surface area contributed by atoms with E-state index in [9.17, 15) is 9.59 Å². The van der Waals surface area contributed by atoms with Crippen LogP contribution in [0.15, 0.2) is 53.0 Å². The number of fused-ring (bicyclic) bond motifs is 2. The number of rotatable bonds is 2. The first-order valence-corrected chi connectivity index (χ1v) is 8.86. The lowest BCUT2D eigenvalue weighted by Crippen LogP contribution is -2.46. The first-order chi connectivity index (χ1) is 11.6. The van der Waals surface area contributed by atoms with Gasteiger partial charge in [-0.2, -0.15) is 0 Å². The second kappa shape index (κ2) is 5.74. The third-order valence-corrected chi connectivity index (χ3v) is 5.37.